The summed E-state index contributed by atoms with van der Waals surface area (Å²) in [5.41, 5.74) is 4.14. The molecule has 4 rings (SSSR count). The topological polar surface area (TPSA) is 69.7 Å². The molecule has 4 aromatic carbocycles. The third-order valence-corrected chi connectivity index (χ3v) is 6.18. The monoisotopic (exact) mass is 501 g/mol. The molecule has 0 spiro atoms. The van der Waals surface area contributed by atoms with Gasteiger partial charge in [-0.05, 0) is 59.4 Å². The number of methoxy groups -OCH3 is 1. The number of carbonyl (C=O) groups is 2. The SMILES string of the molecule is COc1ccc(C(=O)N(CCCc2ccccc2)Cc2ccccc2-c2ccccc2C(=O)[O-])cc1.[Na+]. The smallest absolute Gasteiger partial charge is 0.545 e. The van der Waals surface area contributed by atoms with Crippen molar-refractivity contribution in [1.29, 1.82) is 0 Å². The van der Waals surface area contributed by atoms with E-state index in [1.807, 2.05) is 47.4 Å². The second-order valence-corrected chi connectivity index (χ2v) is 8.53. The van der Waals surface area contributed by atoms with Crippen LogP contribution in [0.25, 0.3) is 11.1 Å². The van der Waals surface area contributed by atoms with Crippen LogP contribution in [0.3, 0.4) is 0 Å². The van der Waals surface area contributed by atoms with Crippen molar-refractivity contribution in [1.82, 2.24) is 4.90 Å². The van der Waals surface area contributed by atoms with Gasteiger partial charge in [0.25, 0.3) is 5.91 Å². The van der Waals surface area contributed by atoms with Crippen LogP contribution in [0.4, 0.5) is 0 Å². The molecule has 0 heterocycles. The predicted octanol–water partition coefficient (Wildman–Crippen LogP) is 2.00. The maximum atomic E-state index is 13.6. The van der Waals surface area contributed by atoms with E-state index in [9.17, 15) is 14.7 Å². The van der Waals surface area contributed by atoms with Crippen LogP contribution in [0.1, 0.15) is 38.3 Å². The molecule has 4 aromatic rings. The summed E-state index contributed by atoms with van der Waals surface area (Å²) in [4.78, 5) is 27.2. The summed E-state index contributed by atoms with van der Waals surface area (Å²) in [6.45, 7) is 0.896. The van der Waals surface area contributed by atoms with Crippen LogP contribution in [0.15, 0.2) is 103 Å². The fourth-order valence-electron chi connectivity index (χ4n) is 4.31. The molecule has 0 unspecified atom stereocenters. The molecule has 5 nitrogen and oxygen atoms in total. The summed E-state index contributed by atoms with van der Waals surface area (Å²) in [6.07, 6.45) is 1.64. The molecule has 0 aliphatic carbocycles. The Kier molecular flexibility index (Phi) is 10.5. The van der Waals surface area contributed by atoms with Crippen molar-refractivity contribution in [2.75, 3.05) is 13.7 Å². The molecule has 0 saturated heterocycles. The Hall–Kier alpha value is -3.38. The van der Waals surface area contributed by atoms with Gasteiger partial charge in [0.05, 0.1) is 13.1 Å². The standard InChI is InChI=1S/C31H29NO4.Na/c1-36-26-19-17-24(18-20-26)30(33)32(21-9-12-23-10-3-2-4-11-23)22-25-13-5-6-14-27(25)28-15-7-8-16-29(28)31(34)35;/h2-8,10-11,13-20H,9,12,21-22H2,1H3,(H,34,35);/q;+1/p-1. The molecular formula is C31H28NNaO4. The zero-order chi connectivity index (χ0) is 25.3. The van der Waals surface area contributed by atoms with E-state index >= 15 is 0 Å². The summed E-state index contributed by atoms with van der Waals surface area (Å²) >= 11 is 0. The van der Waals surface area contributed by atoms with Crippen molar-refractivity contribution in [2.24, 2.45) is 0 Å². The van der Waals surface area contributed by atoms with Crippen LogP contribution >= 0.6 is 0 Å². The number of aromatic carboxylic acids is 1. The minimum atomic E-state index is -1.23. The van der Waals surface area contributed by atoms with Gasteiger partial charge in [0.1, 0.15) is 5.75 Å². The summed E-state index contributed by atoms with van der Waals surface area (Å²) in [6, 6.07) is 31.7. The van der Waals surface area contributed by atoms with Crippen molar-refractivity contribution in [2.45, 2.75) is 19.4 Å². The Morgan fingerprint density at radius 1 is 0.784 bits per heavy atom. The number of amides is 1. The predicted molar refractivity (Wildman–Crippen MR) is 139 cm³/mol. The number of nitrogens with zero attached hydrogens (tertiary/aromatic N) is 1. The zero-order valence-electron chi connectivity index (χ0n) is 21.2. The van der Waals surface area contributed by atoms with E-state index in [4.69, 9.17) is 4.74 Å². The van der Waals surface area contributed by atoms with Gasteiger partial charge in [0, 0.05) is 24.2 Å². The molecule has 37 heavy (non-hydrogen) atoms. The normalized spacial score (nSPS) is 10.3. The number of carboxylic acids is 1. The summed E-state index contributed by atoms with van der Waals surface area (Å²) in [7, 11) is 1.59. The first-order valence-corrected chi connectivity index (χ1v) is 11.9. The van der Waals surface area contributed by atoms with Gasteiger partial charge in [-0.2, -0.15) is 0 Å². The minimum absolute atomic E-state index is 0. The van der Waals surface area contributed by atoms with Gasteiger partial charge in [0.2, 0.25) is 0 Å². The molecule has 0 aliphatic rings. The molecule has 0 fully saturated rings. The fraction of sp³-hybridized carbons (Fsp3) is 0.161. The molecular weight excluding hydrogens is 473 g/mol. The number of carboxylic acid groups (broad SMARTS) is 1. The Morgan fingerprint density at radius 2 is 1.41 bits per heavy atom. The number of benzene rings is 4. The first-order valence-electron chi connectivity index (χ1n) is 11.9. The van der Waals surface area contributed by atoms with E-state index in [0.717, 1.165) is 24.0 Å². The average molecular weight is 502 g/mol. The number of hydrogen-bond donors (Lipinski definition) is 0. The number of carbonyl (C=O) groups excluding carboxylic acids is 2. The molecule has 0 saturated carbocycles. The quantitative estimate of drug-likeness (QED) is 0.312. The second kappa shape index (κ2) is 13.8. The second-order valence-electron chi connectivity index (χ2n) is 8.53. The van der Waals surface area contributed by atoms with Crippen LogP contribution in [-0.4, -0.2) is 30.4 Å². The van der Waals surface area contributed by atoms with Gasteiger partial charge in [-0.3, -0.25) is 4.79 Å². The van der Waals surface area contributed by atoms with Crippen LogP contribution < -0.4 is 39.4 Å². The van der Waals surface area contributed by atoms with E-state index in [2.05, 4.69) is 12.1 Å². The number of rotatable bonds is 10. The van der Waals surface area contributed by atoms with Crippen molar-refractivity contribution in [3.63, 3.8) is 0 Å². The molecule has 0 radical (unpaired) electrons. The average Bonchev–Trinajstić information content (AvgIpc) is 2.93. The number of aryl methyl sites for hydroxylation is 1. The van der Waals surface area contributed by atoms with E-state index in [1.165, 1.54) is 5.56 Å². The summed E-state index contributed by atoms with van der Waals surface area (Å²) < 4.78 is 5.24. The number of hydrogen-bond acceptors (Lipinski definition) is 4. The molecule has 0 atom stereocenters. The van der Waals surface area contributed by atoms with E-state index in [0.29, 0.717) is 30.0 Å². The van der Waals surface area contributed by atoms with Crippen molar-refractivity contribution < 1.29 is 49.0 Å². The zero-order valence-corrected chi connectivity index (χ0v) is 23.2. The Morgan fingerprint density at radius 3 is 2.08 bits per heavy atom. The van der Waals surface area contributed by atoms with Crippen molar-refractivity contribution in [3.8, 4) is 16.9 Å². The van der Waals surface area contributed by atoms with Gasteiger partial charge in [-0.15, -0.1) is 0 Å². The van der Waals surface area contributed by atoms with Crippen molar-refractivity contribution in [3.05, 3.63) is 125 Å². The summed E-state index contributed by atoms with van der Waals surface area (Å²) in [5, 5.41) is 11.8. The van der Waals surface area contributed by atoms with Gasteiger partial charge < -0.3 is 19.5 Å². The molecule has 0 aromatic heterocycles. The Balaban J connectivity index is 0.00000380. The van der Waals surface area contributed by atoms with E-state index in [1.54, 1.807) is 55.6 Å². The number of ether oxygens (including phenoxy) is 1. The molecule has 0 bridgehead atoms. The van der Waals surface area contributed by atoms with Crippen LogP contribution in [0.2, 0.25) is 0 Å². The molecule has 6 heteroatoms. The Bertz CT molecular complexity index is 1320. The largest absolute Gasteiger partial charge is 1.00 e. The van der Waals surface area contributed by atoms with Crippen molar-refractivity contribution >= 4 is 11.9 Å². The third kappa shape index (κ3) is 7.32. The first kappa shape index (κ1) is 28.2. The molecule has 0 N–H and O–H groups in total. The van der Waals surface area contributed by atoms with E-state index in [-0.39, 0.29) is 41.0 Å². The molecule has 1 amide bonds. The van der Waals surface area contributed by atoms with Crippen LogP contribution in [0.5, 0.6) is 5.75 Å². The third-order valence-electron chi connectivity index (χ3n) is 6.18. The summed E-state index contributed by atoms with van der Waals surface area (Å²) in [5.74, 6) is -0.630. The van der Waals surface area contributed by atoms with E-state index < -0.39 is 5.97 Å². The van der Waals surface area contributed by atoms with Crippen LogP contribution in [-0.2, 0) is 13.0 Å². The maximum Gasteiger partial charge on any atom is 1.00 e. The Labute approximate surface area is 240 Å². The fourth-order valence-corrected chi connectivity index (χ4v) is 4.31. The van der Waals surface area contributed by atoms with Gasteiger partial charge in [0.15, 0.2) is 0 Å². The van der Waals surface area contributed by atoms with Gasteiger partial charge in [-0.1, -0.05) is 78.9 Å². The molecule has 0 aliphatic heterocycles. The minimum Gasteiger partial charge on any atom is -0.545 e. The van der Waals surface area contributed by atoms with Crippen LogP contribution in [0, 0.1) is 0 Å². The molecule has 182 valence electrons. The van der Waals surface area contributed by atoms with Gasteiger partial charge >= 0.3 is 29.6 Å². The maximum absolute atomic E-state index is 13.6. The van der Waals surface area contributed by atoms with Gasteiger partial charge in [-0.25, -0.2) is 0 Å². The first-order chi connectivity index (χ1) is 17.6.